The van der Waals surface area contributed by atoms with Crippen LogP contribution in [0.3, 0.4) is 0 Å². The van der Waals surface area contributed by atoms with Crippen LogP contribution in [0.5, 0.6) is 0 Å². The van der Waals surface area contributed by atoms with E-state index in [1.165, 1.54) is 29.5 Å². The van der Waals surface area contributed by atoms with Crippen LogP contribution in [0.4, 0.5) is 8.78 Å². The van der Waals surface area contributed by atoms with E-state index >= 15 is 0 Å². The minimum atomic E-state index is -0.327. The van der Waals surface area contributed by atoms with Crippen LogP contribution in [-0.2, 0) is 6.42 Å². The van der Waals surface area contributed by atoms with E-state index in [1.807, 2.05) is 18.2 Å². The minimum Gasteiger partial charge on any atom is -0.304 e. The molecule has 0 bridgehead atoms. The van der Waals surface area contributed by atoms with E-state index < -0.39 is 0 Å². The lowest BCUT2D eigenvalue weighted by Gasteiger charge is -2.38. The number of likely N-dealkylation sites (N-methyl/N-ethyl adjacent to an activating group) is 1. The molecule has 4 rings (SSSR count). The summed E-state index contributed by atoms with van der Waals surface area (Å²) in [5.74, 6) is -0.622. The number of fused-ring (bicyclic) bond motifs is 2. The van der Waals surface area contributed by atoms with Gasteiger partial charge in [0.15, 0.2) is 0 Å². The summed E-state index contributed by atoms with van der Waals surface area (Å²) in [6.07, 6.45) is 0.722. The van der Waals surface area contributed by atoms with E-state index in [0.717, 1.165) is 37.5 Å². The van der Waals surface area contributed by atoms with Gasteiger partial charge in [0, 0.05) is 42.7 Å². The van der Waals surface area contributed by atoms with Gasteiger partial charge in [-0.25, -0.2) is 8.78 Å². The number of piperazine rings is 1. The summed E-state index contributed by atoms with van der Waals surface area (Å²) in [7, 11) is 2.10. The van der Waals surface area contributed by atoms with Crippen molar-refractivity contribution in [1.82, 2.24) is 9.80 Å². The van der Waals surface area contributed by atoms with Crippen LogP contribution in [0.2, 0.25) is 0 Å². The Morgan fingerprint density at radius 3 is 2.46 bits per heavy atom. The molecule has 0 amide bonds. The zero-order valence-electron chi connectivity index (χ0n) is 13.6. The van der Waals surface area contributed by atoms with Gasteiger partial charge in [-0.05, 0) is 37.2 Å². The fourth-order valence-corrected chi connectivity index (χ4v) is 4.76. The van der Waals surface area contributed by atoms with Crippen LogP contribution in [0.25, 0.3) is 0 Å². The summed E-state index contributed by atoms with van der Waals surface area (Å²) in [5, 5.41) is 0. The monoisotopic (exact) mass is 346 g/mol. The molecule has 5 heteroatoms. The van der Waals surface area contributed by atoms with Crippen molar-refractivity contribution in [2.75, 3.05) is 33.2 Å². The number of hydrogen-bond acceptors (Lipinski definition) is 3. The van der Waals surface area contributed by atoms with Gasteiger partial charge in [-0.2, -0.15) is 0 Å². The molecule has 2 aliphatic heterocycles. The van der Waals surface area contributed by atoms with Gasteiger partial charge in [-0.15, -0.1) is 0 Å². The second kappa shape index (κ2) is 6.47. The maximum Gasteiger partial charge on any atom is 0.137 e. The number of halogens is 2. The normalized spacial score (nSPS) is 21.9. The zero-order chi connectivity index (χ0) is 16.7. The first-order chi connectivity index (χ1) is 11.6. The number of nitrogens with zero attached hydrogens (tertiary/aromatic N) is 2. The molecule has 0 N–H and O–H groups in total. The first-order valence-electron chi connectivity index (χ1n) is 8.30. The van der Waals surface area contributed by atoms with E-state index in [0.29, 0.717) is 10.5 Å². The summed E-state index contributed by atoms with van der Waals surface area (Å²) in [5.41, 5.74) is 1.70. The quantitative estimate of drug-likeness (QED) is 0.772. The highest BCUT2D eigenvalue weighted by Gasteiger charge is 2.32. The van der Waals surface area contributed by atoms with Gasteiger partial charge in [-0.1, -0.05) is 30.0 Å². The van der Waals surface area contributed by atoms with Crippen LogP contribution >= 0.6 is 11.8 Å². The Kier molecular flexibility index (Phi) is 4.33. The third kappa shape index (κ3) is 2.85. The van der Waals surface area contributed by atoms with Gasteiger partial charge in [-0.3, -0.25) is 4.90 Å². The first kappa shape index (κ1) is 16.1. The summed E-state index contributed by atoms with van der Waals surface area (Å²) >= 11 is 1.36. The van der Waals surface area contributed by atoms with Crippen LogP contribution in [-0.4, -0.2) is 43.0 Å². The molecule has 24 heavy (non-hydrogen) atoms. The van der Waals surface area contributed by atoms with Crippen molar-refractivity contribution in [3.8, 4) is 0 Å². The molecule has 2 nitrogen and oxygen atoms in total. The molecule has 126 valence electrons. The fourth-order valence-electron chi connectivity index (χ4n) is 3.60. The summed E-state index contributed by atoms with van der Waals surface area (Å²) < 4.78 is 29.2. The molecule has 0 unspecified atom stereocenters. The highest BCUT2D eigenvalue weighted by atomic mass is 32.2. The Morgan fingerprint density at radius 1 is 0.958 bits per heavy atom. The smallest absolute Gasteiger partial charge is 0.137 e. The van der Waals surface area contributed by atoms with Crippen LogP contribution in [0.15, 0.2) is 46.2 Å². The number of rotatable bonds is 1. The molecule has 0 saturated carbocycles. The molecule has 2 aromatic rings. The van der Waals surface area contributed by atoms with Gasteiger partial charge in [0.05, 0.1) is 4.90 Å². The summed E-state index contributed by atoms with van der Waals surface area (Å²) in [6.45, 7) is 3.67. The van der Waals surface area contributed by atoms with Gasteiger partial charge in [0.25, 0.3) is 0 Å². The van der Waals surface area contributed by atoms with Crippen molar-refractivity contribution >= 4 is 11.8 Å². The largest absolute Gasteiger partial charge is 0.304 e. The third-order valence-corrected chi connectivity index (χ3v) is 6.24. The number of hydrogen-bond donors (Lipinski definition) is 0. The average Bonchev–Trinajstić information content (AvgIpc) is 2.77. The second-order valence-electron chi connectivity index (χ2n) is 6.54. The summed E-state index contributed by atoms with van der Waals surface area (Å²) in [4.78, 5) is 6.06. The predicted molar refractivity (Wildman–Crippen MR) is 92.4 cm³/mol. The molecule has 1 atom stereocenters. The first-order valence-corrected chi connectivity index (χ1v) is 9.11. The molecule has 0 aromatic heterocycles. The molecule has 1 fully saturated rings. The average molecular weight is 346 g/mol. The second-order valence-corrected chi connectivity index (χ2v) is 7.59. The maximum absolute atomic E-state index is 14.7. The van der Waals surface area contributed by atoms with Crippen molar-refractivity contribution in [1.29, 1.82) is 0 Å². The van der Waals surface area contributed by atoms with E-state index in [9.17, 15) is 8.78 Å². The Balaban J connectivity index is 1.82. The highest BCUT2D eigenvalue weighted by molar-refractivity contribution is 7.99. The highest BCUT2D eigenvalue weighted by Crippen LogP contribution is 2.45. The third-order valence-electron chi connectivity index (χ3n) is 5.00. The lowest BCUT2D eigenvalue weighted by atomic mass is 9.96. The fraction of sp³-hybridized carbons (Fsp3) is 0.368. The van der Waals surface area contributed by atoms with E-state index in [4.69, 9.17) is 0 Å². The van der Waals surface area contributed by atoms with Crippen LogP contribution in [0.1, 0.15) is 17.2 Å². The molecular weight excluding hydrogens is 326 g/mol. The molecule has 0 aliphatic carbocycles. The molecule has 2 heterocycles. The molecule has 2 aliphatic rings. The predicted octanol–water partition coefficient (Wildman–Crippen LogP) is 3.96. The van der Waals surface area contributed by atoms with Crippen molar-refractivity contribution in [3.63, 3.8) is 0 Å². The van der Waals surface area contributed by atoms with Crippen LogP contribution in [0, 0.1) is 11.6 Å². The SMILES string of the molecule is CN1CCN([C@@H]2Cc3ccccc3Sc3c(F)ccc(F)c32)CC1. The van der Waals surface area contributed by atoms with Gasteiger partial charge >= 0.3 is 0 Å². The lowest BCUT2D eigenvalue weighted by molar-refractivity contribution is 0.107. The molecule has 2 aromatic carbocycles. The van der Waals surface area contributed by atoms with Crippen molar-refractivity contribution in [2.45, 2.75) is 22.3 Å². The topological polar surface area (TPSA) is 6.48 Å². The van der Waals surface area contributed by atoms with Crippen molar-refractivity contribution in [2.24, 2.45) is 0 Å². The van der Waals surface area contributed by atoms with E-state index in [2.05, 4.69) is 22.9 Å². The Morgan fingerprint density at radius 2 is 1.67 bits per heavy atom. The number of benzene rings is 2. The molecule has 0 spiro atoms. The summed E-state index contributed by atoms with van der Waals surface area (Å²) in [6, 6.07) is 10.4. The lowest BCUT2D eigenvalue weighted by Crippen LogP contribution is -2.46. The Hall–Kier alpha value is -1.43. The van der Waals surface area contributed by atoms with E-state index in [-0.39, 0.29) is 17.7 Å². The zero-order valence-corrected chi connectivity index (χ0v) is 14.5. The van der Waals surface area contributed by atoms with Crippen LogP contribution < -0.4 is 0 Å². The van der Waals surface area contributed by atoms with Gasteiger partial charge in [0.2, 0.25) is 0 Å². The Bertz CT molecular complexity index is 757. The van der Waals surface area contributed by atoms with Gasteiger partial charge < -0.3 is 4.90 Å². The van der Waals surface area contributed by atoms with Crippen molar-refractivity contribution in [3.05, 3.63) is 59.2 Å². The van der Waals surface area contributed by atoms with E-state index in [1.54, 1.807) is 0 Å². The maximum atomic E-state index is 14.7. The molecular formula is C19H20F2N2S. The molecule has 1 saturated heterocycles. The van der Waals surface area contributed by atoms with Crippen molar-refractivity contribution < 1.29 is 8.78 Å². The minimum absolute atomic E-state index is 0.111. The molecule has 0 radical (unpaired) electrons. The standard InChI is InChI=1S/C19H20F2N2S/c1-22-8-10-23(11-9-22)16-12-13-4-2-3-5-17(13)24-19-15(21)7-6-14(20)18(16)19/h2-7,16H,8-12H2,1H3/t16-/m1/s1. The van der Waals surface area contributed by atoms with Gasteiger partial charge in [0.1, 0.15) is 11.6 Å². The Labute approximate surface area is 145 Å².